The van der Waals surface area contributed by atoms with Crippen LogP contribution in [0.5, 0.6) is 0 Å². The molecule has 1 atom stereocenters. The van der Waals surface area contributed by atoms with Crippen LogP contribution in [0.3, 0.4) is 0 Å². The standard InChI is InChI=1S/C14H26N2O3/c1-12(13(18)16-6-8-19-9-7-16)15-10-14(11-17)4-2-3-5-14/h12,15,17H,2-11H2,1H3. The summed E-state index contributed by atoms with van der Waals surface area (Å²) in [7, 11) is 0. The molecule has 110 valence electrons. The molecule has 0 bridgehead atoms. The molecule has 0 aromatic rings. The molecule has 2 rings (SSSR count). The summed E-state index contributed by atoms with van der Waals surface area (Å²) in [5, 5.41) is 12.9. The first-order valence-corrected chi connectivity index (χ1v) is 7.38. The van der Waals surface area contributed by atoms with Crippen LogP contribution in [-0.2, 0) is 9.53 Å². The third kappa shape index (κ3) is 3.68. The van der Waals surface area contributed by atoms with Gasteiger partial charge in [-0.25, -0.2) is 0 Å². The van der Waals surface area contributed by atoms with Gasteiger partial charge >= 0.3 is 0 Å². The van der Waals surface area contributed by atoms with E-state index in [1.54, 1.807) is 0 Å². The number of aliphatic hydroxyl groups is 1. The number of ether oxygens (including phenoxy) is 1. The zero-order valence-electron chi connectivity index (χ0n) is 11.9. The topological polar surface area (TPSA) is 61.8 Å². The second-order valence-electron chi connectivity index (χ2n) is 5.91. The Morgan fingerprint density at radius 3 is 2.58 bits per heavy atom. The third-order valence-electron chi connectivity index (χ3n) is 4.48. The van der Waals surface area contributed by atoms with Crippen molar-refractivity contribution in [2.24, 2.45) is 5.41 Å². The fraction of sp³-hybridized carbons (Fsp3) is 0.929. The molecule has 0 radical (unpaired) electrons. The Labute approximate surface area is 115 Å². The van der Waals surface area contributed by atoms with Crippen molar-refractivity contribution in [3.63, 3.8) is 0 Å². The molecular weight excluding hydrogens is 244 g/mol. The van der Waals surface area contributed by atoms with Gasteiger partial charge in [-0.1, -0.05) is 12.8 Å². The largest absolute Gasteiger partial charge is 0.396 e. The summed E-state index contributed by atoms with van der Waals surface area (Å²) in [6.45, 7) is 5.53. The summed E-state index contributed by atoms with van der Waals surface area (Å²) < 4.78 is 5.26. The van der Waals surface area contributed by atoms with Gasteiger partial charge < -0.3 is 20.1 Å². The van der Waals surface area contributed by atoms with Gasteiger partial charge in [-0.15, -0.1) is 0 Å². The van der Waals surface area contributed by atoms with Gasteiger partial charge in [-0.2, -0.15) is 0 Å². The predicted molar refractivity (Wildman–Crippen MR) is 72.9 cm³/mol. The molecule has 5 heteroatoms. The Morgan fingerprint density at radius 1 is 1.37 bits per heavy atom. The SMILES string of the molecule is CC(NCC1(CO)CCCC1)C(=O)N1CCOCC1. The molecule has 0 aromatic carbocycles. The molecule has 2 aliphatic rings. The number of nitrogens with one attached hydrogen (secondary N) is 1. The summed E-state index contributed by atoms with van der Waals surface area (Å²) in [4.78, 5) is 14.1. The number of hydrogen-bond donors (Lipinski definition) is 2. The molecule has 1 aliphatic heterocycles. The number of carbonyl (C=O) groups is 1. The molecule has 0 spiro atoms. The van der Waals surface area contributed by atoms with Crippen molar-refractivity contribution in [2.45, 2.75) is 38.6 Å². The van der Waals surface area contributed by atoms with E-state index in [4.69, 9.17) is 4.74 Å². The molecule has 2 N–H and O–H groups in total. The van der Waals surface area contributed by atoms with Crippen LogP contribution in [0.1, 0.15) is 32.6 Å². The van der Waals surface area contributed by atoms with E-state index in [1.807, 2.05) is 11.8 Å². The Kier molecular flexibility index (Phi) is 5.19. The molecule has 1 aliphatic carbocycles. The van der Waals surface area contributed by atoms with E-state index < -0.39 is 0 Å². The van der Waals surface area contributed by atoms with Crippen molar-refractivity contribution in [1.29, 1.82) is 0 Å². The number of rotatable bonds is 5. The van der Waals surface area contributed by atoms with E-state index in [1.165, 1.54) is 12.8 Å². The van der Waals surface area contributed by atoms with Crippen LogP contribution in [-0.4, -0.2) is 61.4 Å². The summed E-state index contributed by atoms with van der Waals surface area (Å²) in [6, 6.07) is -0.179. The van der Waals surface area contributed by atoms with Crippen molar-refractivity contribution >= 4 is 5.91 Å². The highest BCUT2D eigenvalue weighted by Gasteiger charge is 2.34. The normalized spacial score (nSPS) is 24.4. The molecular formula is C14H26N2O3. The van der Waals surface area contributed by atoms with Crippen LogP contribution < -0.4 is 5.32 Å². The van der Waals surface area contributed by atoms with Crippen LogP contribution in [0.4, 0.5) is 0 Å². The molecule has 2 fully saturated rings. The molecule has 1 amide bonds. The molecule has 5 nitrogen and oxygen atoms in total. The van der Waals surface area contributed by atoms with E-state index in [-0.39, 0.29) is 24.0 Å². The number of amides is 1. The van der Waals surface area contributed by atoms with Gasteiger partial charge in [0, 0.05) is 31.7 Å². The average molecular weight is 270 g/mol. The highest BCUT2D eigenvalue weighted by molar-refractivity contribution is 5.81. The van der Waals surface area contributed by atoms with Gasteiger partial charge in [0.25, 0.3) is 0 Å². The van der Waals surface area contributed by atoms with Crippen molar-refractivity contribution in [3.05, 3.63) is 0 Å². The molecule has 1 heterocycles. The Bertz CT molecular complexity index is 297. The minimum atomic E-state index is -0.179. The maximum Gasteiger partial charge on any atom is 0.239 e. The van der Waals surface area contributed by atoms with Crippen LogP contribution in [0.25, 0.3) is 0 Å². The quantitative estimate of drug-likeness (QED) is 0.758. The van der Waals surface area contributed by atoms with E-state index in [9.17, 15) is 9.90 Å². The van der Waals surface area contributed by atoms with Crippen LogP contribution in [0, 0.1) is 5.41 Å². The van der Waals surface area contributed by atoms with Gasteiger partial charge in [-0.05, 0) is 19.8 Å². The van der Waals surface area contributed by atoms with Crippen molar-refractivity contribution in [2.75, 3.05) is 39.5 Å². The van der Waals surface area contributed by atoms with Gasteiger partial charge in [0.05, 0.1) is 19.3 Å². The second-order valence-corrected chi connectivity index (χ2v) is 5.91. The fourth-order valence-electron chi connectivity index (χ4n) is 3.03. The first-order chi connectivity index (χ1) is 9.17. The average Bonchev–Trinajstić information content (AvgIpc) is 2.94. The predicted octanol–water partition coefficient (Wildman–Crippen LogP) is 0.376. The highest BCUT2D eigenvalue weighted by atomic mass is 16.5. The fourth-order valence-corrected chi connectivity index (χ4v) is 3.03. The van der Waals surface area contributed by atoms with Gasteiger partial charge in [0.15, 0.2) is 0 Å². The van der Waals surface area contributed by atoms with Crippen molar-refractivity contribution in [3.8, 4) is 0 Å². The summed E-state index contributed by atoms with van der Waals surface area (Å²) in [5.74, 6) is 0.148. The number of morpholine rings is 1. The van der Waals surface area contributed by atoms with Gasteiger partial charge in [0.1, 0.15) is 0 Å². The third-order valence-corrected chi connectivity index (χ3v) is 4.48. The lowest BCUT2D eigenvalue weighted by Crippen LogP contribution is -2.51. The summed E-state index contributed by atoms with van der Waals surface area (Å²) >= 11 is 0. The number of nitrogens with zero attached hydrogens (tertiary/aromatic N) is 1. The van der Waals surface area contributed by atoms with Crippen LogP contribution >= 0.6 is 0 Å². The number of aliphatic hydroxyl groups excluding tert-OH is 1. The number of hydrogen-bond acceptors (Lipinski definition) is 4. The first-order valence-electron chi connectivity index (χ1n) is 7.38. The Hall–Kier alpha value is -0.650. The van der Waals surface area contributed by atoms with Gasteiger partial charge in [-0.3, -0.25) is 4.79 Å². The lowest BCUT2D eigenvalue weighted by atomic mass is 9.87. The van der Waals surface area contributed by atoms with Crippen LogP contribution in [0.15, 0.2) is 0 Å². The smallest absolute Gasteiger partial charge is 0.239 e. The lowest BCUT2D eigenvalue weighted by molar-refractivity contribution is -0.137. The highest BCUT2D eigenvalue weighted by Crippen LogP contribution is 2.36. The Morgan fingerprint density at radius 2 is 2.00 bits per heavy atom. The molecule has 1 saturated heterocycles. The second kappa shape index (κ2) is 6.68. The lowest BCUT2D eigenvalue weighted by Gasteiger charge is -2.32. The van der Waals surface area contributed by atoms with E-state index in [0.29, 0.717) is 26.3 Å². The van der Waals surface area contributed by atoms with E-state index in [0.717, 1.165) is 19.4 Å². The van der Waals surface area contributed by atoms with E-state index in [2.05, 4.69) is 5.32 Å². The zero-order valence-corrected chi connectivity index (χ0v) is 11.9. The molecule has 0 aromatic heterocycles. The summed E-state index contributed by atoms with van der Waals surface area (Å²) in [6.07, 6.45) is 4.51. The van der Waals surface area contributed by atoms with Crippen molar-refractivity contribution in [1.82, 2.24) is 10.2 Å². The number of carbonyl (C=O) groups excluding carboxylic acids is 1. The van der Waals surface area contributed by atoms with Crippen molar-refractivity contribution < 1.29 is 14.6 Å². The van der Waals surface area contributed by atoms with Crippen LogP contribution in [0.2, 0.25) is 0 Å². The molecule has 1 unspecified atom stereocenters. The minimum Gasteiger partial charge on any atom is -0.396 e. The molecule has 1 saturated carbocycles. The van der Waals surface area contributed by atoms with Gasteiger partial charge in [0.2, 0.25) is 5.91 Å². The zero-order chi connectivity index (χ0) is 13.7. The minimum absolute atomic E-state index is 0.000447. The molecule has 19 heavy (non-hydrogen) atoms. The maximum absolute atomic E-state index is 12.2. The monoisotopic (exact) mass is 270 g/mol. The first kappa shape index (κ1) is 14.8. The van der Waals surface area contributed by atoms with E-state index >= 15 is 0 Å². The summed E-state index contributed by atoms with van der Waals surface area (Å²) in [5.41, 5.74) is -0.000447. The Balaban J connectivity index is 1.79. The maximum atomic E-state index is 12.2.